The van der Waals surface area contributed by atoms with Crippen molar-refractivity contribution < 1.29 is 4.79 Å². The van der Waals surface area contributed by atoms with Crippen LogP contribution in [0.25, 0.3) is 22.2 Å². The molecule has 4 N–H and O–H groups in total. The molecule has 0 amide bonds. The lowest BCUT2D eigenvalue weighted by atomic mass is 10.1. The Morgan fingerprint density at radius 3 is 2.42 bits per heavy atom. The number of aromatic amines is 2. The second-order valence-corrected chi connectivity index (χ2v) is 12.1. The Labute approximate surface area is 280 Å². The number of aryl methyl sites for hydroxylation is 3. The van der Waals surface area contributed by atoms with Gasteiger partial charge in [0, 0.05) is 81.4 Å². The molecule has 1 aromatic carbocycles. The predicted molar refractivity (Wildman–Crippen MR) is 191 cm³/mol. The van der Waals surface area contributed by atoms with Crippen LogP contribution in [0.4, 0.5) is 23.3 Å². The molecule has 2 saturated heterocycles. The first kappa shape index (κ1) is 34.3. The SMILES string of the molecule is CN1CCN(c2cc(=O)[nH]cn2)CC1.CNc1cccc2c(-c3nc(Nc4cc(C)n(C)n4)ncc3C)c[nH]c12.O=CCN1CCCC1. The van der Waals surface area contributed by atoms with Gasteiger partial charge in [-0.3, -0.25) is 14.4 Å². The number of carbonyl (C=O) groups excluding carboxylic acids is 1. The second kappa shape index (κ2) is 16.2. The van der Waals surface area contributed by atoms with E-state index in [1.165, 1.54) is 19.2 Å². The minimum absolute atomic E-state index is 0.0890. The molecule has 254 valence electrons. The Kier molecular flexibility index (Phi) is 11.5. The number of rotatable bonds is 7. The predicted octanol–water partition coefficient (Wildman–Crippen LogP) is 3.56. The molecule has 0 radical (unpaired) electrons. The third-order valence-electron chi connectivity index (χ3n) is 8.59. The van der Waals surface area contributed by atoms with Gasteiger partial charge in [0.15, 0.2) is 5.82 Å². The van der Waals surface area contributed by atoms with Crippen LogP contribution in [0.5, 0.6) is 0 Å². The number of likely N-dealkylation sites (tertiary alicyclic amines) is 1. The Hall–Kier alpha value is -5.08. The first-order chi connectivity index (χ1) is 23.2. The number of piperazine rings is 1. The molecule has 0 saturated carbocycles. The van der Waals surface area contributed by atoms with Crippen LogP contribution in [0.1, 0.15) is 24.1 Å². The number of likely N-dealkylation sites (N-methyl/N-ethyl adjacent to an activating group) is 1. The van der Waals surface area contributed by atoms with Crippen LogP contribution in [0.2, 0.25) is 0 Å². The molecule has 0 spiro atoms. The van der Waals surface area contributed by atoms with Gasteiger partial charge in [-0.15, -0.1) is 0 Å². The van der Waals surface area contributed by atoms with Crippen molar-refractivity contribution >= 4 is 40.5 Å². The van der Waals surface area contributed by atoms with E-state index < -0.39 is 0 Å². The number of benzene rings is 1. The topological polar surface area (TPSA) is 156 Å². The van der Waals surface area contributed by atoms with E-state index in [2.05, 4.69) is 63.5 Å². The maximum atomic E-state index is 11.1. The number of fused-ring (bicyclic) bond motifs is 1. The largest absolute Gasteiger partial charge is 0.386 e. The first-order valence-electron chi connectivity index (χ1n) is 16.3. The van der Waals surface area contributed by atoms with Crippen molar-refractivity contribution in [2.45, 2.75) is 26.7 Å². The van der Waals surface area contributed by atoms with Crippen LogP contribution in [0.3, 0.4) is 0 Å². The average Bonchev–Trinajstić information content (AvgIpc) is 3.84. The summed E-state index contributed by atoms with van der Waals surface area (Å²) in [5.41, 5.74) is 6.07. The highest BCUT2D eigenvalue weighted by atomic mass is 16.1. The maximum Gasteiger partial charge on any atom is 0.252 e. The summed E-state index contributed by atoms with van der Waals surface area (Å²) >= 11 is 0. The van der Waals surface area contributed by atoms with E-state index in [0.29, 0.717) is 12.5 Å². The van der Waals surface area contributed by atoms with Crippen molar-refractivity contribution in [3.63, 3.8) is 0 Å². The van der Waals surface area contributed by atoms with Crippen LogP contribution in [-0.4, -0.2) is 111 Å². The van der Waals surface area contributed by atoms with Gasteiger partial charge < -0.3 is 35.2 Å². The van der Waals surface area contributed by atoms with Crippen molar-refractivity contribution in [1.29, 1.82) is 0 Å². The molecule has 2 fully saturated rings. The molecule has 0 aliphatic carbocycles. The van der Waals surface area contributed by atoms with E-state index in [1.807, 2.05) is 63.2 Å². The standard InChI is InChI=1S/C19H21N7.C9H14N4O.C6H11NO/c1-11-9-22-19(23-16-8-12(2)26(4)25-16)24-17(11)14-10-21-18-13(14)6-5-7-15(18)20-3;1-12-2-4-13(5-3-12)8-6-9(14)11-7-10-8;8-6-5-7-3-1-2-4-7/h5-10,20-21H,1-4H3,(H,22,23,24,25);6-7H,2-5H2,1H3,(H,10,11,14);6H,1-5H2. The molecule has 5 aromatic rings. The highest BCUT2D eigenvalue weighted by molar-refractivity contribution is 6.01. The number of nitrogens with one attached hydrogen (secondary N) is 4. The fourth-order valence-corrected chi connectivity index (χ4v) is 5.71. The first-order valence-corrected chi connectivity index (χ1v) is 16.3. The molecule has 0 unspecified atom stereocenters. The fraction of sp³-hybridized carbons (Fsp3) is 0.412. The van der Waals surface area contributed by atoms with Crippen molar-refractivity contribution in [2.24, 2.45) is 7.05 Å². The summed E-state index contributed by atoms with van der Waals surface area (Å²) in [4.78, 5) is 46.7. The third kappa shape index (κ3) is 8.63. The van der Waals surface area contributed by atoms with E-state index in [0.717, 1.165) is 96.3 Å². The molecule has 14 nitrogen and oxygen atoms in total. The van der Waals surface area contributed by atoms with E-state index in [4.69, 9.17) is 4.98 Å². The van der Waals surface area contributed by atoms with E-state index in [9.17, 15) is 9.59 Å². The lowest BCUT2D eigenvalue weighted by Crippen LogP contribution is -2.45. The van der Waals surface area contributed by atoms with Gasteiger partial charge in [-0.1, -0.05) is 12.1 Å². The van der Waals surface area contributed by atoms with Gasteiger partial charge in [-0.05, 0) is 58.5 Å². The van der Waals surface area contributed by atoms with Crippen molar-refractivity contribution in [3.05, 3.63) is 70.7 Å². The van der Waals surface area contributed by atoms with E-state index >= 15 is 0 Å². The number of nitrogens with zero attached hydrogens (tertiary/aromatic N) is 8. The number of anilines is 4. The van der Waals surface area contributed by atoms with Crippen molar-refractivity contribution in [1.82, 2.24) is 44.5 Å². The molecule has 6 heterocycles. The number of carbonyl (C=O) groups is 1. The van der Waals surface area contributed by atoms with Crippen LogP contribution in [-0.2, 0) is 11.8 Å². The van der Waals surface area contributed by atoms with Gasteiger partial charge in [0.1, 0.15) is 12.1 Å². The van der Waals surface area contributed by atoms with Gasteiger partial charge in [-0.25, -0.2) is 15.0 Å². The third-order valence-corrected chi connectivity index (χ3v) is 8.59. The highest BCUT2D eigenvalue weighted by Gasteiger charge is 2.16. The maximum absolute atomic E-state index is 11.1. The van der Waals surface area contributed by atoms with E-state index in [-0.39, 0.29) is 5.56 Å². The quantitative estimate of drug-likeness (QED) is 0.190. The lowest BCUT2D eigenvalue weighted by molar-refractivity contribution is -0.108. The monoisotopic (exact) mass is 654 g/mol. The average molecular weight is 655 g/mol. The number of hydrogen-bond donors (Lipinski definition) is 4. The summed E-state index contributed by atoms with van der Waals surface area (Å²) in [5.74, 6) is 2.04. The lowest BCUT2D eigenvalue weighted by Gasteiger charge is -2.32. The number of para-hydroxylation sites is 1. The molecule has 2 aliphatic heterocycles. The molecular weight excluding hydrogens is 608 g/mol. The van der Waals surface area contributed by atoms with Gasteiger partial charge in [0.2, 0.25) is 5.95 Å². The Balaban J connectivity index is 0.000000170. The van der Waals surface area contributed by atoms with Gasteiger partial charge in [0.05, 0.1) is 29.8 Å². The second-order valence-electron chi connectivity index (χ2n) is 12.1. The summed E-state index contributed by atoms with van der Waals surface area (Å²) in [5, 5.41) is 11.9. The molecule has 2 aliphatic rings. The van der Waals surface area contributed by atoms with Gasteiger partial charge >= 0.3 is 0 Å². The fourth-order valence-electron chi connectivity index (χ4n) is 5.71. The number of aldehydes is 1. The molecule has 4 aromatic heterocycles. The number of hydrogen-bond acceptors (Lipinski definition) is 11. The Morgan fingerprint density at radius 2 is 1.75 bits per heavy atom. The zero-order chi connectivity index (χ0) is 34.0. The van der Waals surface area contributed by atoms with Crippen LogP contribution >= 0.6 is 0 Å². The molecular formula is C34H46N12O2. The molecule has 0 bridgehead atoms. The van der Waals surface area contributed by atoms with Crippen LogP contribution in [0, 0.1) is 13.8 Å². The molecule has 14 heteroatoms. The van der Waals surface area contributed by atoms with Gasteiger partial charge in [0.25, 0.3) is 5.56 Å². The van der Waals surface area contributed by atoms with Crippen molar-refractivity contribution in [2.75, 3.05) is 75.4 Å². The molecule has 0 atom stereocenters. The zero-order valence-electron chi connectivity index (χ0n) is 28.5. The zero-order valence-corrected chi connectivity index (χ0v) is 28.5. The van der Waals surface area contributed by atoms with E-state index in [1.54, 1.807) is 6.07 Å². The Bertz CT molecular complexity index is 1830. The number of H-pyrrole nitrogens is 2. The summed E-state index contributed by atoms with van der Waals surface area (Å²) < 4.78 is 1.82. The normalized spacial score (nSPS) is 15.0. The van der Waals surface area contributed by atoms with Gasteiger partial charge in [-0.2, -0.15) is 5.10 Å². The Morgan fingerprint density at radius 1 is 0.979 bits per heavy atom. The van der Waals surface area contributed by atoms with Crippen LogP contribution < -0.4 is 21.1 Å². The summed E-state index contributed by atoms with van der Waals surface area (Å²) in [6.45, 7) is 10.8. The minimum Gasteiger partial charge on any atom is -0.386 e. The smallest absolute Gasteiger partial charge is 0.252 e. The summed E-state index contributed by atoms with van der Waals surface area (Å²) in [7, 11) is 5.93. The summed E-state index contributed by atoms with van der Waals surface area (Å²) in [6, 6.07) is 9.70. The highest BCUT2D eigenvalue weighted by Crippen LogP contribution is 2.33. The van der Waals surface area contributed by atoms with Crippen LogP contribution in [0.15, 0.2) is 53.8 Å². The molecule has 7 rings (SSSR count). The minimum atomic E-state index is -0.0890. The summed E-state index contributed by atoms with van der Waals surface area (Å²) in [6.07, 6.45) is 8.81. The van der Waals surface area contributed by atoms with Crippen molar-refractivity contribution in [3.8, 4) is 11.3 Å². The number of aromatic nitrogens is 7. The molecule has 48 heavy (non-hydrogen) atoms.